The number of benzene rings is 1. The fourth-order valence-corrected chi connectivity index (χ4v) is 3.93. The van der Waals surface area contributed by atoms with Crippen molar-refractivity contribution in [2.45, 2.75) is 13.0 Å². The minimum Gasteiger partial charge on any atom is -0.386 e. The minimum absolute atomic E-state index is 0.755. The number of nitrogens with zero attached hydrogens (tertiary/aromatic N) is 3. The molecular formula is C19H25N6P. The molecule has 1 saturated heterocycles. The summed E-state index contributed by atoms with van der Waals surface area (Å²) in [5, 5.41) is 11.5. The standard InChI is InChI=1S/C19H25N6P/c26-18-11-14(10-15-19(18)23-6-5-22-15)12-24-16-13-21-4-2-17(16)25-8-1-3-20-7-9-25/h2,5-6,10-11,13,20-21,24H,1,3-4,7-9,12,26H2. The Bertz CT molecular complexity index is 839. The molecule has 1 unspecified atom stereocenters. The molecule has 2 aromatic rings. The number of dihydropyridines is 1. The third-order valence-electron chi connectivity index (χ3n) is 4.76. The van der Waals surface area contributed by atoms with Crippen molar-refractivity contribution < 1.29 is 0 Å². The van der Waals surface area contributed by atoms with Gasteiger partial charge < -0.3 is 20.9 Å². The zero-order chi connectivity index (χ0) is 17.8. The summed E-state index contributed by atoms with van der Waals surface area (Å²) in [5.41, 5.74) is 5.53. The van der Waals surface area contributed by atoms with E-state index in [-0.39, 0.29) is 0 Å². The van der Waals surface area contributed by atoms with Crippen molar-refractivity contribution in [3.63, 3.8) is 0 Å². The third kappa shape index (κ3) is 3.81. The molecule has 0 radical (unpaired) electrons. The van der Waals surface area contributed by atoms with Gasteiger partial charge in [0.1, 0.15) is 0 Å². The molecule has 0 bridgehead atoms. The number of hydrogen-bond donors (Lipinski definition) is 3. The number of rotatable bonds is 4. The van der Waals surface area contributed by atoms with E-state index in [1.165, 1.54) is 17.7 Å². The van der Waals surface area contributed by atoms with Crippen LogP contribution in [0.5, 0.6) is 0 Å². The van der Waals surface area contributed by atoms with Crippen LogP contribution in [0.25, 0.3) is 11.0 Å². The van der Waals surface area contributed by atoms with E-state index in [4.69, 9.17) is 0 Å². The molecule has 1 aromatic heterocycles. The Kier molecular flexibility index (Phi) is 5.32. The Morgan fingerprint density at radius 3 is 3.04 bits per heavy atom. The maximum atomic E-state index is 4.44. The van der Waals surface area contributed by atoms with Crippen LogP contribution >= 0.6 is 9.24 Å². The predicted octanol–water partition coefficient (Wildman–Crippen LogP) is 0.844. The molecule has 2 aliphatic heterocycles. The van der Waals surface area contributed by atoms with Crippen LogP contribution in [0.1, 0.15) is 12.0 Å². The highest BCUT2D eigenvalue weighted by Gasteiger charge is 2.17. The van der Waals surface area contributed by atoms with E-state index in [9.17, 15) is 0 Å². The van der Waals surface area contributed by atoms with Crippen molar-refractivity contribution in [2.24, 2.45) is 0 Å². The molecule has 26 heavy (non-hydrogen) atoms. The highest BCUT2D eigenvalue weighted by Crippen LogP contribution is 2.18. The number of aromatic nitrogens is 2. The first-order chi connectivity index (χ1) is 12.8. The van der Waals surface area contributed by atoms with E-state index >= 15 is 0 Å². The van der Waals surface area contributed by atoms with E-state index < -0.39 is 0 Å². The molecule has 0 saturated carbocycles. The second-order valence-corrected chi connectivity index (χ2v) is 7.23. The fraction of sp³-hybridized carbons (Fsp3) is 0.368. The van der Waals surface area contributed by atoms with Gasteiger partial charge in [-0.15, -0.1) is 9.24 Å². The van der Waals surface area contributed by atoms with Crippen molar-refractivity contribution in [3.8, 4) is 0 Å². The smallest absolute Gasteiger partial charge is 0.0958 e. The number of fused-ring (bicyclic) bond motifs is 1. The first-order valence-corrected chi connectivity index (χ1v) is 9.72. The third-order valence-corrected chi connectivity index (χ3v) is 5.20. The first kappa shape index (κ1) is 17.3. The van der Waals surface area contributed by atoms with Crippen molar-refractivity contribution in [1.29, 1.82) is 0 Å². The second kappa shape index (κ2) is 8.02. The zero-order valence-electron chi connectivity index (χ0n) is 14.8. The lowest BCUT2D eigenvalue weighted by Gasteiger charge is -2.30. The van der Waals surface area contributed by atoms with Crippen LogP contribution in [0.3, 0.4) is 0 Å². The van der Waals surface area contributed by atoms with Gasteiger partial charge in [0, 0.05) is 51.3 Å². The molecule has 6 nitrogen and oxygen atoms in total. The molecule has 1 atom stereocenters. The van der Waals surface area contributed by atoms with E-state index in [0.29, 0.717) is 0 Å². The molecule has 136 valence electrons. The minimum atomic E-state index is 0.755. The van der Waals surface area contributed by atoms with Gasteiger partial charge in [-0.05, 0) is 42.0 Å². The quantitative estimate of drug-likeness (QED) is 0.696. The van der Waals surface area contributed by atoms with E-state index in [1.54, 1.807) is 12.4 Å². The molecule has 0 aliphatic carbocycles. The monoisotopic (exact) mass is 368 g/mol. The van der Waals surface area contributed by atoms with Crippen molar-refractivity contribution >= 4 is 25.6 Å². The summed E-state index contributed by atoms with van der Waals surface area (Å²) in [5.74, 6) is 0. The van der Waals surface area contributed by atoms with Crippen molar-refractivity contribution in [1.82, 2.24) is 30.8 Å². The lowest BCUT2D eigenvalue weighted by atomic mass is 10.1. The summed E-state index contributed by atoms with van der Waals surface area (Å²) in [4.78, 5) is 11.3. The van der Waals surface area contributed by atoms with Crippen LogP contribution in [-0.4, -0.2) is 47.6 Å². The summed E-state index contributed by atoms with van der Waals surface area (Å²) in [7, 11) is 2.77. The van der Waals surface area contributed by atoms with E-state index in [0.717, 1.165) is 61.3 Å². The van der Waals surface area contributed by atoms with E-state index in [1.807, 2.05) is 0 Å². The van der Waals surface area contributed by atoms with Crippen LogP contribution in [-0.2, 0) is 6.54 Å². The maximum Gasteiger partial charge on any atom is 0.0958 e. The summed E-state index contributed by atoms with van der Waals surface area (Å²) >= 11 is 0. The van der Waals surface area contributed by atoms with Gasteiger partial charge in [0.05, 0.1) is 22.4 Å². The molecule has 0 spiro atoms. The van der Waals surface area contributed by atoms with Gasteiger partial charge in [0.15, 0.2) is 0 Å². The van der Waals surface area contributed by atoms with E-state index in [2.05, 4.69) is 64.5 Å². The van der Waals surface area contributed by atoms with Crippen LogP contribution in [0.2, 0.25) is 0 Å². The molecular weight excluding hydrogens is 343 g/mol. The summed E-state index contributed by atoms with van der Waals surface area (Å²) in [6, 6.07) is 4.27. The van der Waals surface area contributed by atoms with Gasteiger partial charge in [0.25, 0.3) is 0 Å². The number of hydrogen-bond acceptors (Lipinski definition) is 6. The topological polar surface area (TPSA) is 65.1 Å². The van der Waals surface area contributed by atoms with Gasteiger partial charge in [-0.25, -0.2) is 0 Å². The number of nitrogens with one attached hydrogen (secondary N) is 3. The SMILES string of the molecule is Pc1cc(CNC2=CNCC=C2N2CCCNCC2)cc2nccnc12. The average molecular weight is 368 g/mol. The van der Waals surface area contributed by atoms with Gasteiger partial charge in [-0.1, -0.05) is 0 Å². The van der Waals surface area contributed by atoms with Gasteiger partial charge >= 0.3 is 0 Å². The van der Waals surface area contributed by atoms with Crippen LogP contribution in [0, 0.1) is 0 Å². The summed E-state index contributed by atoms with van der Waals surface area (Å²) in [6.45, 7) is 5.92. The summed E-state index contributed by atoms with van der Waals surface area (Å²) in [6.07, 6.45) is 9.03. The van der Waals surface area contributed by atoms with Crippen molar-refractivity contribution in [3.05, 3.63) is 53.8 Å². The summed E-state index contributed by atoms with van der Waals surface area (Å²) < 4.78 is 0. The Morgan fingerprint density at radius 1 is 1.15 bits per heavy atom. The van der Waals surface area contributed by atoms with Gasteiger partial charge in [0.2, 0.25) is 0 Å². The predicted molar refractivity (Wildman–Crippen MR) is 109 cm³/mol. The molecule has 1 fully saturated rings. The highest BCUT2D eigenvalue weighted by molar-refractivity contribution is 7.28. The Morgan fingerprint density at radius 2 is 2.08 bits per heavy atom. The largest absolute Gasteiger partial charge is 0.386 e. The molecule has 4 rings (SSSR count). The molecule has 2 aliphatic rings. The lowest BCUT2D eigenvalue weighted by Crippen LogP contribution is -2.34. The molecule has 1 aromatic carbocycles. The van der Waals surface area contributed by atoms with Crippen LogP contribution in [0.4, 0.5) is 0 Å². The Balaban J connectivity index is 1.49. The maximum absolute atomic E-state index is 4.44. The first-order valence-electron chi connectivity index (χ1n) is 9.14. The lowest BCUT2D eigenvalue weighted by molar-refractivity contribution is 0.365. The normalized spacial score (nSPS) is 18.0. The zero-order valence-corrected chi connectivity index (χ0v) is 16.0. The van der Waals surface area contributed by atoms with Crippen molar-refractivity contribution in [2.75, 3.05) is 32.7 Å². The highest BCUT2D eigenvalue weighted by atomic mass is 31.0. The van der Waals surface area contributed by atoms with Crippen LogP contribution < -0.4 is 21.3 Å². The van der Waals surface area contributed by atoms with Crippen LogP contribution in [0.15, 0.2) is 48.2 Å². The Labute approximate surface area is 156 Å². The molecule has 0 amide bonds. The fourth-order valence-electron chi connectivity index (χ4n) is 3.49. The molecule has 7 heteroatoms. The van der Waals surface area contributed by atoms with Gasteiger partial charge in [-0.3, -0.25) is 9.97 Å². The second-order valence-electron chi connectivity index (χ2n) is 6.61. The Hall–Kier alpha value is -2.17. The molecule has 3 N–H and O–H groups in total. The van der Waals surface area contributed by atoms with Gasteiger partial charge in [-0.2, -0.15) is 0 Å². The molecule has 3 heterocycles. The average Bonchev–Trinajstić information content (AvgIpc) is 2.96.